The maximum absolute atomic E-state index is 8.90. The fraction of sp³-hybridized carbons (Fsp3) is 0.700. The number of allylic oxidation sites excluding steroid dienone is 6. The Bertz CT molecular complexity index is 398. The summed E-state index contributed by atoms with van der Waals surface area (Å²) in [7, 11) is 0. The van der Waals surface area contributed by atoms with Crippen LogP contribution in [0.15, 0.2) is 35.5 Å². The van der Waals surface area contributed by atoms with E-state index in [1.807, 2.05) is 0 Å². The highest BCUT2D eigenvalue weighted by Gasteiger charge is 2.26. The standard InChI is InChI=1S/C20H34O/c1-16(8-6-9-17(2)13-15-21)11-12-19-18(3)10-7-14-20(19,4)5/h6,9,11-12,16-17,21H,7-8,10,13-15H2,1-5H3/b9-6+,12-11+/t16-,17?/m0/s1. The molecule has 1 N–H and O–H groups in total. The van der Waals surface area contributed by atoms with Gasteiger partial charge in [0.15, 0.2) is 0 Å². The van der Waals surface area contributed by atoms with Crippen molar-refractivity contribution >= 4 is 0 Å². The molecular weight excluding hydrogens is 256 g/mol. The van der Waals surface area contributed by atoms with Gasteiger partial charge in [0.25, 0.3) is 0 Å². The monoisotopic (exact) mass is 290 g/mol. The Morgan fingerprint density at radius 2 is 1.90 bits per heavy atom. The van der Waals surface area contributed by atoms with E-state index in [0.29, 0.717) is 17.3 Å². The largest absolute Gasteiger partial charge is 0.396 e. The SMILES string of the molecule is CC1=C(/C=C/[C@@H](C)C/C=C/C(C)CCO)C(C)(C)CCC1. The molecule has 21 heavy (non-hydrogen) atoms. The molecule has 0 radical (unpaired) electrons. The van der Waals surface area contributed by atoms with Crippen molar-refractivity contribution in [3.05, 3.63) is 35.5 Å². The zero-order valence-electron chi connectivity index (χ0n) is 14.7. The molecule has 0 saturated carbocycles. The van der Waals surface area contributed by atoms with Gasteiger partial charge in [-0.25, -0.2) is 0 Å². The van der Waals surface area contributed by atoms with Crippen LogP contribution in [0.5, 0.6) is 0 Å². The first-order valence-electron chi connectivity index (χ1n) is 8.52. The van der Waals surface area contributed by atoms with E-state index in [0.717, 1.165) is 12.8 Å². The molecule has 0 amide bonds. The summed E-state index contributed by atoms with van der Waals surface area (Å²) in [6.45, 7) is 11.8. The summed E-state index contributed by atoms with van der Waals surface area (Å²) in [5, 5.41) is 8.90. The van der Waals surface area contributed by atoms with E-state index in [9.17, 15) is 0 Å². The summed E-state index contributed by atoms with van der Waals surface area (Å²) >= 11 is 0. The Morgan fingerprint density at radius 1 is 1.19 bits per heavy atom. The second-order valence-corrected chi connectivity index (χ2v) is 7.42. The van der Waals surface area contributed by atoms with Crippen LogP contribution < -0.4 is 0 Å². The van der Waals surface area contributed by atoms with E-state index in [2.05, 4.69) is 58.9 Å². The minimum atomic E-state index is 0.281. The van der Waals surface area contributed by atoms with Gasteiger partial charge >= 0.3 is 0 Å². The Balaban J connectivity index is 2.55. The minimum Gasteiger partial charge on any atom is -0.396 e. The van der Waals surface area contributed by atoms with Gasteiger partial charge in [0.1, 0.15) is 0 Å². The van der Waals surface area contributed by atoms with E-state index >= 15 is 0 Å². The normalized spacial score (nSPS) is 22.2. The number of aliphatic hydroxyl groups excluding tert-OH is 1. The molecule has 120 valence electrons. The van der Waals surface area contributed by atoms with Gasteiger partial charge in [0.05, 0.1) is 0 Å². The first-order chi connectivity index (χ1) is 9.86. The highest BCUT2D eigenvalue weighted by molar-refractivity contribution is 5.32. The predicted molar refractivity (Wildman–Crippen MR) is 93.3 cm³/mol. The lowest BCUT2D eigenvalue weighted by Gasteiger charge is -2.33. The van der Waals surface area contributed by atoms with Crippen molar-refractivity contribution in [2.24, 2.45) is 17.3 Å². The number of aliphatic hydroxyl groups is 1. The van der Waals surface area contributed by atoms with Gasteiger partial charge in [-0.15, -0.1) is 0 Å². The van der Waals surface area contributed by atoms with E-state index in [-0.39, 0.29) is 6.61 Å². The van der Waals surface area contributed by atoms with Gasteiger partial charge in [-0.2, -0.15) is 0 Å². The lowest BCUT2D eigenvalue weighted by molar-refractivity contribution is 0.274. The maximum atomic E-state index is 8.90. The van der Waals surface area contributed by atoms with Crippen LogP contribution in [0.4, 0.5) is 0 Å². The zero-order chi connectivity index (χ0) is 15.9. The molecular formula is C20H34O. The highest BCUT2D eigenvalue weighted by atomic mass is 16.3. The molecule has 1 rings (SSSR count). The van der Waals surface area contributed by atoms with E-state index in [1.54, 1.807) is 11.1 Å². The van der Waals surface area contributed by atoms with Crippen molar-refractivity contribution in [2.75, 3.05) is 6.61 Å². The fourth-order valence-electron chi connectivity index (χ4n) is 3.17. The highest BCUT2D eigenvalue weighted by Crippen LogP contribution is 2.40. The second kappa shape index (κ2) is 8.58. The third kappa shape index (κ3) is 6.22. The summed E-state index contributed by atoms with van der Waals surface area (Å²) in [6, 6.07) is 0. The van der Waals surface area contributed by atoms with Gasteiger partial charge in [0.2, 0.25) is 0 Å². The van der Waals surface area contributed by atoms with Crippen LogP contribution in [-0.2, 0) is 0 Å². The topological polar surface area (TPSA) is 20.2 Å². The first-order valence-corrected chi connectivity index (χ1v) is 8.52. The van der Waals surface area contributed by atoms with Gasteiger partial charge in [-0.3, -0.25) is 0 Å². The summed E-state index contributed by atoms with van der Waals surface area (Å²) in [5.41, 5.74) is 3.46. The molecule has 2 atom stereocenters. The van der Waals surface area contributed by atoms with E-state index < -0.39 is 0 Å². The second-order valence-electron chi connectivity index (χ2n) is 7.42. The predicted octanol–water partition coefficient (Wildman–Crippen LogP) is 5.67. The van der Waals surface area contributed by atoms with Crippen LogP contribution in [0.3, 0.4) is 0 Å². The molecule has 0 aliphatic heterocycles. The van der Waals surface area contributed by atoms with Crippen molar-refractivity contribution in [3.8, 4) is 0 Å². The Morgan fingerprint density at radius 3 is 2.52 bits per heavy atom. The Kier molecular flexibility index (Phi) is 7.45. The molecule has 0 aromatic heterocycles. The fourth-order valence-corrected chi connectivity index (χ4v) is 3.17. The molecule has 0 spiro atoms. The van der Waals surface area contributed by atoms with Gasteiger partial charge in [0, 0.05) is 6.61 Å². The molecule has 0 fully saturated rings. The molecule has 1 nitrogen and oxygen atoms in total. The molecule has 0 aromatic carbocycles. The summed E-state index contributed by atoms with van der Waals surface area (Å²) in [6.07, 6.45) is 15.1. The van der Waals surface area contributed by atoms with Crippen LogP contribution in [0, 0.1) is 17.3 Å². The molecule has 1 aliphatic carbocycles. The number of hydrogen-bond acceptors (Lipinski definition) is 1. The van der Waals surface area contributed by atoms with Crippen molar-refractivity contribution in [1.29, 1.82) is 0 Å². The molecule has 0 aromatic rings. The molecule has 0 saturated heterocycles. The van der Waals surface area contributed by atoms with Crippen LogP contribution >= 0.6 is 0 Å². The van der Waals surface area contributed by atoms with Crippen LogP contribution in [0.2, 0.25) is 0 Å². The number of hydrogen-bond donors (Lipinski definition) is 1. The van der Waals surface area contributed by atoms with Crippen molar-refractivity contribution in [3.63, 3.8) is 0 Å². The van der Waals surface area contributed by atoms with Crippen LogP contribution in [0.1, 0.15) is 66.7 Å². The molecule has 0 heterocycles. The van der Waals surface area contributed by atoms with Gasteiger partial charge < -0.3 is 5.11 Å². The van der Waals surface area contributed by atoms with E-state index in [1.165, 1.54) is 19.3 Å². The molecule has 1 aliphatic rings. The van der Waals surface area contributed by atoms with Crippen LogP contribution in [-0.4, -0.2) is 11.7 Å². The minimum absolute atomic E-state index is 0.281. The molecule has 0 bridgehead atoms. The quantitative estimate of drug-likeness (QED) is 0.599. The average Bonchev–Trinajstić information content (AvgIpc) is 2.37. The van der Waals surface area contributed by atoms with Crippen molar-refractivity contribution in [2.45, 2.75) is 66.7 Å². The third-order valence-electron chi connectivity index (χ3n) is 4.69. The first kappa shape index (κ1) is 18.2. The Hall–Kier alpha value is -0.820. The van der Waals surface area contributed by atoms with E-state index in [4.69, 9.17) is 5.11 Å². The average molecular weight is 290 g/mol. The lowest BCUT2D eigenvalue weighted by Crippen LogP contribution is -2.19. The van der Waals surface area contributed by atoms with Crippen molar-refractivity contribution < 1.29 is 5.11 Å². The van der Waals surface area contributed by atoms with Crippen molar-refractivity contribution in [1.82, 2.24) is 0 Å². The maximum Gasteiger partial charge on any atom is 0.0436 e. The van der Waals surface area contributed by atoms with Gasteiger partial charge in [-0.1, -0.05) is 57.6 Å². The summed E-state index contributed by atoms with van der Waals surface area (Å²) in [5.74, 6) is 1.05. The van der Waals surface area contributed by atoms with Crippen LogP contribution in [0.25, 0.3) is 0 Å². The van der Waals surface area contributed by atoms with Gasteiger partial charge in [-0.05, 0) is 61.9 Å². The smallest absolute Gasteiger partial charge is 0.0436 e. The third-order valence-corrected chi connectivity index (χ3v) is 4.69. The molecule has 1 heteroatoms. The Labute approximate surface area is 131 Å². The molecule has 1 unspecified atom stereocenters. The summed E-state index contributed by atoms with van der Waals surface area (Å²) in [4.78, 5) is 0. The summed E-state index contributed by atoms with van der Waals surface area (Å²) < 4.78 is 0. The number of rotatable bonds is 7. The lowest BCUT2D eigenvalue weighted by atomic mass is 9.72. The zero-order valence-corrected chi connectivity index (χ0v) is 14.7.